The van der Waals surface area contributed by atoms with Crippen molar-refractivity contribution in [2.24, 2.45) is 0 Å². The predicted molar refractivity (Wildman–Crippen MR) is 161 cm³/mol. The van der Waals surface area contributed by atoms with Gasteiger partial charge in [-0.15, -0.1) is 0 Å². The van der Waals surface area contributed by atoms with Crippen LogP contribution in [0.3, 0.4) is 0 Å². The van der Waals surface area contributed by atoms with Crippen LogP contribution in [-0.4, -0.2) is 100 Å². The molecule has 0 fully saturated rings. The van der Waals surface area contributed by atoms with Gasteiger partial charge in [0.2, 0.25) is 0 Å². The summed E-state index contributed by atoms with van der Waals surface area (Å²) >= 11 is 0. The van der Waals surface area contributed by atoms with Gasteiger partial charge in [0.05, 0.1) is 26.4 Å². The fraction of sp³-hybridized carbons (Fsp3) is 0.576. The van der Waals surface area contributed by atoms with Gasteiger partial charge in [-0.25, -0.2) is 0 Å². The molecule has 0 bridgehead atoms. The second-order valence-corrected chi connectivity index (χ2v) is 11.8. The monoisotopic (exact) mass is 604 g/mol. The molecule has 240 valence electrons. The Kier molecular flexibility index (Phi) is 15.1. The number of carbonyl (C=O) groups is 2. The average molecular weight is 605 g/mol. The molecule has 0 saturated carbocycles. The van der Waals surface area contributed by atoms with Crippen molar-refractivity contribution in [3.05, 3.63) is 70.8 Å². The van der Waals surface area contributed by atoms with Crippen molar-refractivity contribution in [3.63, 3.8) is 0 Å². The topological polar surface area (TPSA) is 163 Å². The molecule has 2 aromatic rings. The molecule has 0 aliphatic heterocycles. The van der Waals surface area contributed by atoms with Gasteiger partial charge < -0.3 is 39.7 Å². The van der Waals surface area contributed by atoms with E-state index in [1.165, 1.54) is 27.7 Å². The highest BCUT2D eigenvalue weighted by Crippen LogP contribution is 2.28. The maximum Gasteiger partial charge on any atom is 0.193 e. The van der Waals surface area contributed by atoms with Crippen LogP contribution in [-0.2, 0) is 14.2 Å². The maximum absolute atomic E-state index is 12.5. The largest absolute Gasteiger partial charge is 0.394 e. The van der Waals surface area contributed by atoms with Crippen molar-refractivity contribution < 1.29 is 49.3 Å². The minimum atomic E-state index is -1.51. The molecule has 0 radical (unpaired) electrons. The summed E-state index contributed by atoms with van der Waals surface area (Å²) in [6.45, 7) is 6.60. The summed E-state index contributed by atoms with van der Waals surface area (Å²) in [6.07, 6.45) is 1.17. The molecule has 0 aliphatic rings. The first-order valence-electron chi connectivity index (χ1n) is 14.7. The van der Waals surface area contributed by atoms with E-state index in [4.69, 9.17) is 19.3 Å². The minimum absolute atomic E-state index is 0.0313. The Morgan fingerprint density at radius 3 is 1.42 bits per heavy atom. The Balaban J connectivity index is 1.95. The normalized spacial score (nSPS) is 13.7. The highest BCUT2D eigenvalue weighted by Gasteiger charge is 2.27. The number of carbonyl (C=O) groups excluding carboxylic acids is 2. The Morgan fingerprint density at radius 2 is 1.05 bits per heavy atom. The summed E-state index contributed by atoms with van der Waals surface area (Å²) in [7, 11) is 0. The Morgan fingerprint density at radius 1 is 0.651 bits per heavy atom. The molecule has 2 aromatic carbocycles. The van der Waals surface area contributed by atoms with Crippen LogP contribution in [0.1, 0.15) is 91.3 Å². The summed E-state index contributed by atoms with van der Waals surface area (Å²) in [5.74, 6) is -0.824. The standard InChI is InChI=1S/C33H48O10/c1-32(2,39)30(37)25-13-9-23(10-14-25)29(24-11-15-26(16-12-24)31(38)33(3,4)40)43-22-28(36)21-42-18-8-6-5-7-17-41-20-27(35)19-34/h9-16,27-29,34-36,39-40H,5-8,17-22H2,1-4H3. The first-order valence-corrected chi connectivity index (χ1v) is 14.7. The van der Waals surface area contributed by atoms with Crippen LogP contribution in [0.2, 0.25) is 0 Å². The number of ether oxygens (including phenoxy) is 3. The summed E-state index contributed by atoms with van der Waals surface area (Å²) in [5.41, 5.74) is -0.910. The lowest BCUT2D eigenvalue weighted by molar-refractivity contribution is -0.0361. The third kappa shape index (κ3) is 12.9. The lowest BCUT2D eigenvalue weighted by Crippen LogP contribution is -2.31. The molecule has 0 heterocycles. The number of aliphatic hydroxyl groups excluding tert-OH is 3. The molecular weight excluding hydrogens is 556 g/mol. The van der Waals surface area contributed by atoms with Crippen LogP contribution in [0.4, 0.5) is 0 Å². The van der Waals surface area contributed by atoms with E-state index in [1.54, 1.807) is 48.5 Å². The molecule has 10 heteroatoms. The van der Waals surface area contributed by atoms with Crippen molar-refractivity contribution in [2.75, 3.05) is 39.6 Å². The van der Waals surface area contributed by atoms with Crippen molar-refractivity contribution in [2.45, 2.75) is 82.9 Å². The number of unbranched alkanes of at least 4 members (excludes halogenated alkanes) is 3. The van der Waals surface area contributed by atoms with Crippen LogP contribution < -0.4 is 0 Å². The molecule has 2 rings (SSSR count). The van der Waals surface area contributed by atoms with E-state index < -0.39 is 41.1 Å². The van der Waals surface area contributed by atoms with Crippen molar-refractivity contribution >= 4 is 11.6 Å². The Labute approximate surface area is 254 Å². The third-order valence-electron chi connectivity index (χ3n) is 6.68. The number of rotatable bonds is 21. The minimum Gasteiger partial charge on any atom is -0.394 e. The van der Waals surface area contributed by atoms with E-state index in [0.717, 1.165) is 25.7 Å². The number of hydrogen-bond donors (Lipinski definition) is 5. The molecule has 0 aromatic heterocycles. The van der Waals surface area contributed by atoms with E-state index in [2.05, 4.69) is 0 Å². The second kappa shape index (κ2) is 17.7. The summed E-state index contributed by atoms with van der Waals surface area (Å²) in [4.78, 5) is 24.9. The van der Waals surface area contributed by atoms with Crippen LogP contribution in [0.5, 0.6) is 0 Å². The molecule has 0 saturated heterocycles. The molecule has 2 atom stereocenters. The van der Waals surface area contributed by atoms with Gasteiger partial charge in [-0.05, 0) is 51.7 Å². The smallest absolute Gasteiger partial charge is 0.193 e. The highest BCUT2D eigenvalue weighted by atomic mass is 16.5. The zero-order chi connectivity index (χ0) is 32.0. The van der Waals surface area contributed by atoms with Gasteiger partial charge in [0.25, 0.3) is 0 Å². The second-order valence-electron chi connectivity index (χ2n) is 11.8. The van der Waals surface area contributed by atoms with Crippen LogP contribution in [0.25, 0.3) is 0 Å². The van der Waals surface area contributed by atoms with E-state index in [1.807, 2.05) is 0 Å². The lowest BCUT2D eigenvalue weighted by Gasteiger charge is -2.22. The molecule has 0 amide bonds. The van der Waals surface area contributed by atoms with Gasteiger partial charge in [0, 0.05) is 24.3 Å². The van der Waals surface area contributed by atoms with Gasteiger partial charge >= 0.3 is 0 Å². The van der Waals surface area contributed by atoms with Crippen LogP contribution >= 0.6 is 0 Å². The summed E-state index contributed by atoms with van der Waals surface area (Å²) in [6, 6.07) is 13.4. The Bertz CT molecular complexity index is 1030. The first-order chi connectivity index (χ1) is 20.2. The number of Topliss-reactive ketones (excluding diaryl/α,β-unsaturated/α-hetero) is 2. The third-order valence-corrected chi connectivity index (χ3v) is 6.68. The molecular formula is C33H48O10. The number of benzene rings is 2. The van der Waals surface area contributed by atoms with E-state index in [0.29, 0.717) is 35.5 Å². The average Bonchev–Trinajstić information content (AvgIpc) is 2.97. The summed E-state index contributed by atoms with van der Waals surface area (Å²) in [5, 5.41) is 48.7. The molecule has 5 N–H and O–H groups in total. The van der Waals surface area contributed by atoms with Gasteiger partial charge in [-0.3, -0.25) is 9.59 Å². The van der Waals surface area contributed by atoms with Crippen LogP contribution in [0, 0.1) is 0 Å². The van der Waals surface area contributed by atoms with E-state index >= 15 is 0 Å². The molecule has 43 heavy (non-hydrogen) atoms. The van der Waals surface area contributed by atoms with Crippen molar-refractivity contribution in [1.82, 2.24) is 0 Å². The van der Waals surface area contributed by atoms with Gasteiger partial charge in [0.1, 0.15) is 29.5 Å². The van der Waals surface area contributed by atoms with Gasteiger partial charge in [-0.1, -0.05) is 61.4 Å². The van der Waals surface area contributed by atoms with Crippen molar-refractivity contribution in [1.29, 1.82) is 0 Å². The maximum atomic E-state index is 12.5. The quantitative estimate of drug-likeness (QED) is 0.106. The lowest BCUT2D eigenvalue weighted by atomic mass is 9.92. The molecule has 2 unspecified atom stereocenters. The van der Waals surface area contributed by atoms with E-state index in [-0.39, 0.29) is 26.4 Å². The first kappa shape index (κ1) is 36.7. The number of ketones is 2. The van der Waals surface area contributed by atoms with Gasteiger partial charge in [-0.2, -0.15) is 0 Å². The fourth-order valence-corrected chi connectivity index (χ4v) is 4.22. The van der Waals surface area contributed by atoms with Crippen LogP contribution in [0.15, 0.2) is 48.5 Å². The van der Waals surface area contributed by atoms with Crippen molar-refractivity contribution in [3.8, 4) is 0 Å². The molecule has 0 aliphatic carbocycles. The zero-order valence-corrected chi connectivity index (χ0v) is 25.7. The zero-order valence-electron chi connectivity index (χ0n) is 25.7. The SMILES string of the molecule is CC(C)(O)C(=O)c1ccc(C(OCC(O)COCCCCCCOCC(O)CO)c2ccc(C(=O)C(C)(C)O)cc2)cc1. The fourth-order valence-electron chi connectivity index (χ4n) is 4.22. The van der Waals surface area contributed by atoms with Gasteiger partial charge in [0.15, 0.2) is 11.6 Å². The number of hydrogen-bond acceptors (Lipinski definition) is 10. The summed E-state index contributed by atoms with van der Waals surface area (Å²) < 4.78 is 17.0. The predicted octanol–water partition coefficient (Wildman–Crippen LogP) is 3.01. The number of aliphatic hydroxyl groups is 5. The van der Waals surface area contributed by atoms with E-state index in [9.17, 15) is 30.0 Å². The molecule has 0 spiro atoms. The highest BCUT2D eigenvalue weighted by molar-refractivity contribution is 6.02. The Hall–Kier alpha value is -2.54. The molecule has 10 nitrogen and oxygen atoms in total.